The van der Waals surface area contributed by atoms with Crippen molar-refractivity contribution in [2.24, 2.45) is 0 Å². The average molecular weight is 429 g/mol. The van der Waals surface area contributed by atoms with E-state index >= 15 is 0 Å². The molecule has 9 heteroatoms. The van der Waals surface area contributed by atoms with Crippen molar-refractivity contribution in [3.63, 3.8) is 0 Å². The van der Waals surface area contributed by atoms with Gasteiger partial charge in [-0.25, -0.2) is 5.43 Å². The molecule has 0 unspecified atom stereocenters. The molecule has 1 saturated heterocycles. The number of hydrazine groups is 1. The van der Waals surface area contributed by atoms with Crippen LogP contribution in [0.3, 0.4) is 0 Å². The molecule has 0 saturated carbocycles. The third kappa shape index (κ3) is 11.3. The molecule has 1 rings (SSSR count). The van der Waals surface area contributed by atoms with Crippen LogP contribution in [0.2, 0.25) is 0 Å². The van der Waals surface area contributed by atoms with E-state index in [0.717, 1.165) is 4.90 Å². The number of amides is 4. The van der Waals surface area contributed by atoms with Gasteiger partial charge in [0.15, 0.2) is 0 Å². The maximum atomic E-state index is 12.2. The van der Waals surface area contributed by atoms with Gasteiger partial charge in [0, 0.05) is 51.4 Å². The van der Waals surface area contributed by atoms with Crippen molar-refractivity contribution in [3.05, 3.63) is 0 Å². The zero-order valence-corrected chi connectivity index (χ0v) is 19.6. The molecule has 4 amide bonds. The van der Waals surface area contributed by atoms with E-state index in [2.05, 4.69) is 16.2 Å². The van der Waals surface area contributed by atoms with Gasteiger partial charge in [-0.1, -0.05) is 13.8 Å². The Balaban J connectivity index is 0.00000407. The Morgan fingerprint density at radius 2 is 1.53 bits per heavy atom. The number of likely N-dealkylation sites (tertiary alicyclic amines) is 1. The molecule has 0 bridgehead atoms. The quantitative estimate of drug-likeness (QED) is 0.322. The highest BCUT2D eigenvalue weighted by atomic mass is 16.5. The lowest BCUT2D eigenvalue weighted by Gasteiger charge is -2.30. The number of carbonyl (C=O) groups is 4. The summed E-state index contributed by atoms with van der Waals surface area (Å²) in [6, 6.07) is 0. The molecule has 0 radical (unpaired) electrons. The highest BCUT2D eigenvalue weighted by molar-refractivity contribution is 6.02. The van der Waals surface area contributed by atoms with Gasteiger partial charge < -0.3 is 10.1 Å². The Kier molecular flexibility index (Phi) is 12.4. The number of hydrogen-bond acceptors (Lipinski definition) is 6. The van der Waals surface area contributed by atoms with Crippen molar-refractivity contribution < 1.29 is 23.9 Å². The minimum absolute atomic E-state index is 0.0911. The second kappa shape index (κ2) is 13.3. The van der Waals surface area contributed by atoms with Crippen LogP contribution < -0.4 is 16.2 Å². The van der Waals surface area contributed by atoms with Crippen LogP contribution in [0.1, 0.15) is 80.1 Å². The molecule has 174 valence electrons. The molecule has 0 atom stereocenters. The van der Waals surface area contributed by atoms with E-state index in [-0.39, 0.29) is 49.4 Å². The Morgan fingerprint density at radius 3 is 2.07 bits per heavy atom. The third-order valence-electron chi connectivity index (χ3n) is 4.63. The SMILES string of the molecule is CC.CNNC(=O)CCC(C)(C)OCCC(C)(C)NC(=O)CCN1C(=O)CCC1=O. The summed E-state index contributed by atoms with van der Waals surface area (Å²) in [7, 11) is 1.64. The predicted octanol–water partition coefficient (Wildman–Crippen LogP) is 1.66. The molecular formula is C21H40N4O5. The fraction of sp³-hybridized carbons (Fsp3) is 0.810. The lowest BCUT2D eigenvalue weighted by atomic mass is 9.99. The first-order valence-corrected chi connectivity index (χ1v) is 10.7. The van der Waals surface area contributed by atoms with Crippen molar-refractivity contribution in [1.29, 1.82) is 0 Å². The van der Waals surface area contributed by atoms with Crippen LogP contribution in [-0.4, -0.2) is 59.9 Å². The molecule has 1 aliphatic heterocycles. The Hall–Kier alpha value is -2.00. The van der Waals surface area contributed by atoms with Crippen LogP contribution in [0.4, 0.5) is 0 Å². The summed E-state index contributed by atoms with van der Waals surface area (Å²) in [5.74, 6) is -0.727. The van der Waals surface area contributed by atoms with Gasteiger partial charge >= 0.3 is 0 Å². The van der Waals surface area contributed by atoms with Gasteiger partial charge in [0.05, 0.1) is 5.60 Å². The number of ether oxygens (including phenoxy) is 1. The number of carbonyl (C=O) groups excluding carboxylic acids is 4. The molecule has 30 heavy (non-hydrogen) atoms. The highest BCUT2D eigenvalue weighted by Gasteiger charge is 2.30. The zero-order chi connectivity index (χ0) is 23.4. The topological polar surface area (TPSA) is 117 Å². The normalized spacial score (nSPS) is 14.3. The van der Waals surface area contributed by atoms with Gasteiger partial charge in [0.1, 0.15) is 0 Å². The van der Waals surface area contributed by atoms with Gasteiger partial charge in [-0.3, -0.25) is 29.5 Å². The van der Waals surface area contributed by atoms with E-state index in [1.54, 1.807) is 7.05 Å². The molecule has 1 aliphatic rings. The fourth-order valence-corrected chi connectivity index (χ4v) is 2.86. The largest absolute Gasteiger partial charge is 0.375 e. The summed E-state index contributed by atoms with van der Waals surface area (Å²) in [4.78, 5) is 48.0. The van der Waals surface area contributed by atoms with Crippen LogP contribution in [0.5, 0.6) is 0 Å². The summed E-state index contributed by atoms with van der Waals surface area (Å²) < 4.78 is 5.90. The van der Waals surface area contributed by atoms with E-state index in [1.807, 2.05) is 41.5 Å². The molecule has 0 aromatic carbocycles. The summed E-state index contributed by atoms with van der Waals surface area (Å²) >= 11 is 0. The summed E-state index contributed by atoms with van der Waals surface area (Å²) in [6.45, 7) is 12.2. The van der Waals surface area contributed by atoms with Gasteiger partial charge in [-0.05, 0) is 40.5 Å². The monoisotopic (exact) mass is 428 g/mol. The molecule has 0 aliphatic carbocycles. The Labute approximate surface area is 180 Å². The van der Waals surface area contributed by atoms with Crippen LogP contribution in [0.25, 0.3) is 0 Å². The van der Waals surface area contributed by atoms with E-state index in [0.29, 0.717) is 25.9 Å². The first-order valence-electron chi connectivity index (χ1n) is 10.7. The molecule has 0 aromatic heterocycles. The molecule has 0 spiro atoms. The molecule has 3 N–H and O–H groups in total. The minimum Gasteiger partial charge on any atom is -0.375 e. The molecule has 0 aromatic rings. The predicted molar refractivity (Wildman–Crippen MR) is 115 cm³/mol. The van der Waals surface area contributed by atoms with Crippen LogP contribution in [-0.2, 0) is 23.9 Å². The van der Waals surface area contributed by atoms with Crippen molar-refractivity contribution >= 4 is 23.6 Å². The van der Waals surface area contributed by atoms with Gasteiger partial charge in [0.25, 0.3) is 0 Å². The minimum atomic E-state index is -0.490. The smallest absolute Gasteiger partial charge is 0.234 e. The highest BCUT2D eigenvalue weighted by Crippen LogP contribution is 2.19. The standard InChI is InChI=1S/C19H34N4O5.C2H6/c1-18(2,11-13-28-19(3,4)10-8-15(25)22-20-5)21-14(24)9-12-23-16(26)6-7-17(23)27;1-2/h20H,6-13H2,1-5H3,(H,21,24)(H,22,25);1-2H3. The van der Waals surface area contributed by atoms with Crippen LogP contribution >= 0.6 is 0 Å². The summed E-state index contributed by atoms with van der Waals surface area (Å²) in [5.41, 5.74) is 4.17. The average Bonchev–Trinajstić information content (AvgIpc) is 2.97. The van der Waals surface area contributed by atoms with E-state index in [9.17, 15) is 19.2 Å². The van der Waals surface area contributed by atoms with Crippen molar-refractivity contribution in [1.82, 2.24) is 21.1 Å². The number of imide groups is 1. The maximum absolute atomic E-state index is 12.2. The van der Waals surface area contributed by atoms with Crippen molar-refractivity contribution in [2.75, 3.05) is 20.2 Å². The second-order valence-electron chi connectivity index (χ2n) is 8.28. The Bertz CT molecular complexity index is 574. The van der Waals surface area contributed by atoms with E-state index < -0.39 is 11.1 Å². The fourth-order valence-electron chi connectivity index (χ4n) is 2.86. The number of nitrogens with one attached hydrogen (secondary N) is 3. The Morgan fingerprint density at radius 1 is 0.967 bits per heavy atom. The molecule has 1 heterocycles. The van der Waals surface area contributed by atoms with Gasteiger partial charge in [0.2, 0.25) is 23.6 Å². The van der Waals surface area contributed by atoms with Crippen LogP contribution in [0.15, 0.2) is 0 Å². The maximum Gasteiger partial charge on any atom is 0.234 e. The van der Waals surface area contributed by atoms with Crippen LogP contribution in [0, 0.1) is 0 Å². The molecule has 1 fully saturated rings. The lowest BCUT2D eigenvalue weighted by Crippen LogP contribution is -2.46. The summed E-state index contributed by atoms with van der Waals surface area (Å²) in [5, 5.41) is 2.92. The van der Waals surface area contributed by atoms with Crippen molar-refractivity contribution in [3.8, 4) is 0 Å². The number of rotatable bonds is 12. The second-order valence-corrected chi connectivity index (χ2v) is 8.28. The third-order valence-corrected chi connectivity index (χ3v) is 4.63. The first-order chi connectivity index (χ1) is 14.0. The van der Waals surface area contributed by atoms with Crippen molar-refractivity contribution in [2.45, 2.75) is 91.2 Å². The van der Waals surface area contributed by atoms with Gasteiger partial charge in [-0.15, -0.1) is 0 Å². The summed E-state index contributed by atoms with van der Waals surface area (Å²) in [6.07, 6.45) is 2.07. The molecule has 9 nitrogen and oxygen atoms in total. The lowest BCUT2D eigenvalue weighted by molar-refractivity contribution is -0.138. The number of nitrogens with zero attached hydrogens (tertiary/aromatic N) is 1. The molecular weight excluding hydrogens is 388 g/mol. The zero-order valence-electron chi connectivity index (χ0n) is 19.6. The van der Waals surface area contributed by atoms with Gasteiger partial charge in [-0.2, -0.15) is 0 Å². The first kappa shape index (κ1) is 28.0. The van der Waals surface area contributed by atoms with E-state index in [4.69, 9.17) is 4.74 Å². The number of hydrogen-bond donors (Lipinski definition) is 3. The van der Waals surface area contributed by atoms with E-state index in [1.165, 1.54) is 0 Å².